The van der Waals surface area contributed by atoms with Crippen molar-refractivity contribution < 1.29 is 4.74 Å². The van der Waals surface area contributed by atoms with E-state index in [0.717, 1.165) is 17.8 Å². The third-order valence-corrected chi connectivity index (χ3v) is 7.05. The molecule has 0 N–H and O–H groups in total. The van der Waals surface area contributed by atoms with Crippen molar-refractivity contribution in [3.05, 3.63) is 0 Å². The minimum absolute atomic E-state index is 0.382. The number of ether oxygens (including phenoxy) is 1. The molecule has 0 radical (unpaired) electrons. The molecule has 4 unspecified atom stereocenters. The van der Waals surface area contributed by atoms with Crippen molar-refractivity contribution in [2.45, 2.75) is 102 Å². The summed E-state index contributed by atoms with van der Waals surface area (Å²) in [5.74, 6) is 3.14. The van der Waals surface area contributed by atoms with Gasteiger partial charge in [-0.15, -0.1) is 0 Å². The second kappa shape index (κ2) is 5.63. The molecule has 1 saturated heterocycles. The van der Waals surface area contributed by atoms with Crippen LogP contribution in [0.1, 0.15) is 89.9 Å². The highest BCUT2D eigenvalue weighted by molar-refractivity contribution is 5.06. The van der Waals surface area contributed by atoms with Crippen molar-refractivity contribution in [1.82, 2.24) is 0 Å². The van der Waals surface area contributed by atoms with E-state index in [0.29, 0.717) is 11.7 Å². The van der Waals surface area contributed by atoms with Gasteiger partial charge in [0, 0.05) is 0 Å². The molecule has 0 amide bonds. The zero-order valence-corrected chi connectivity index (χ0v) is 13.1. The van der Waals surface area contributed by atoms with E-state index in [2.05, 4.69) is 0 Å². The van der Waals surface area contributed by atoms with Gasteiger partial charge in [0.1, 0.15) is 0 Å². The molecule has 4 rings (SSSR count). The number of fused-ring (bicyclic) bond motifs is 1. The molecule has 4 aliphatic rings. The molecule has 4 atom stereocenters. The summed E-state index contributed by atoms with van der Waals surface area (Å²) >= 11 is 0. The number of epoxide rings is 1. The molecular formula is C19H32O. The molecule has 1 heterocycles. The first-order valence-electron chi connectivity index (χ1n) is 9.55. The van der Waals surface area contributed by atoms with Crippen LogP contribution in [-0.4, -0.2) is 11.7 Å². The predicted octanol–water partition coefficient (Wildman–Crippen LogP) is 5.47. The van der Waals surface area contributed by atoms with Crippen LogP contribution in [0.4, 0.5) is 0 Å². The lowest BCUT2D eigenvalue weighted by atomic mass is 9.65. The first kappa shape index (κ1) is 13.6. The zero-order valence-electron chi connectivity index (χ0n) is 13.1. The maximum Gasteiger partial charge on any atom is 0.0951 e. The van der Waals surface area contributed by atoms with Gasteiger partial charge in [0.2, 0.25) is 0 Å². The number of hydrogen-bond acceptors (Lipinski definition) is 1. The summed E-state index contributed by atoms with van der Waals surface area (Å²) in [6.07, 6.45) is 21.4. The molecule has 0 aromatic rings. The Morgan fingerprint density at radius 3 is 2.35 bits per heavy atom. The lowest BCUT2D eigenvalue weighted by molar-refractivity contribution is 0.0958. The fourth-order valence-electron chi connectivity index (χ4n) is 5.94. The molecule has 20 heavy (non-hydrogen) atoms. The Hall–Kier alpha value is -0.0400. The van der Waals surface area contributed by atoms with E-state index in [1.54, 1.807) is 12.8 Å². The average Bonchev–Trinajstić information content (AvgIpc) is 3.23. The average molecular weight is 276 g/mol. The van der Waals surface area contributed by atoms with Gasteiger partial charge in [0.15, 0.2) is 0 Å². The Morgan fingerprint density at radius 1 is 0.750 bits per heavy atom. The monoisotopic (exact) mass is 276 g/mol. The van der Waals surface area contributed by atoms with Crippen molar-refractivity contribution in [2.75, 3.05) is 0 Å². The summed E-state index contributed by atoms with van der Waals surface area (Å²) in [5, 5.41) is 0. The maximum absolute atomic E-state index is 6.20. The molecule has 1 aliphatic heterocycles. The van der Waals surface area contributed by atoms with Crippen molar-refractivity contribution in [1.29, 1.82) is 0 Å². The Morgan fingerprint density at radius 2 is 1.50 bits per heavy atom. The zero-order chi connectivity index (χ0) is 13.4. The summed E-state index contributed by atoms with van der Waals surface area (Å²) in [6, 6.07) is 0. The summed E-state index contributed by atoms with van der Waals surface area (Å²) in [7, 11) is 0. The second-order valence-corrected chi connectivity index (χ2v) is 8.23. The molecule has 0 aromatic heterocycles. The summed E-state index contributed by atoms with van der Waals surface area (Å²) < 4.78 is 6.20. The minimum Gasteiger partial charge on any atom is -0.366 e. The van der Waals surface area contributed by atoms with Crippen LogP contribution in [0.2, 0.25) is 0 Å². The van der Waals surface area contributed by atoms with Gasteiger partial charge in [0.05, 0.1) is 11.7 Å². The molecule has 1 heteroatoms. The van der Waals surface area contributed by atoms with Crippen molar-refractivity contribution in [2.24, 2.45) is 17.8 Å². The van der Waals surface area contributed by atoms with Crippen LogP contribution < -0.4 is 0 Å². The van der Waals surface area contributed by atoms with E-state index in [9.17, 15) is 0 Å². The Kier molecular flexibility index (Phi) is 3.83. The maximum atomic E-state index is 6.20. The minimum atomic E-state index is 0.382. The van der Waals surface area contributed by atoms with E-state index < -0.39 is 0 Å². The van der Waals surface area contributed by atoms with Gasteiger partial charge >= 0.3 is 0 Å². The quantitative estimate of drug-likeness (QED) is 0.622. The van der Waals surface area contributed by atoms with E-state index in [1.807, 2.05) is 0 Å². The molecule has 0 bridgehead atoms. The third kappa shape index (κ3) is 2.56. The van der Waals surface area contributed by atoms with Crippen LogP contribution in [-0.2, 0) is 4.74 Å². The number of hydrogen-bond donors (Lipinski definition) is 0. The molecule has 0 spiro atoms. The fraction of sp³-hybridized carbons (Fsp3) is 1.00. The van der Waals surface area contributed by atoms with Gasteiger partial charge in [-0.25, -0.2) is 0 Å². The Bertz CT molecular complexity index is 333. The van der Waals surface area contributed by atoms with Crippen LogP contribution >= 0.6 is 0 Å². The van der Waals surface area contributed by atoms with E-state index >= 15 is 0 Å². The summed E-state index contributed by atoms with van der Waals surface area (Å²) in [4.78, 5) is 0. The highest BCUT2D eigenvalue weighted by Crippen LogP contribution is 2.55. The van der Waals surface area contributed by atoms with Gasteiger partial charge in [-0.3, -0.25) is 0 Å². The molecule has 1 nitrogen and oxygen atoms in total. The Balaban J connectivity index is 1.41. The van der Waals surface area contributed by atoms with Crippen LogP contribution in [0, 0.1) is 17.8 Å². The van der Waals surface area contributed by atoms with Crippen LogP contribution in [0.15, 0.2) is 0 Å². The van der Waals surface area contributed by atoms with Crippen molar-refractivity contribution in [3.8, 4) is 0 Å². The summed E-state index contributed by atoms with van der Waals surface area (Å²) in [6.45, 7) is 0. The van der Waals surface area contributed by atoms with Gasteiger partial charge in [0.25, 0.3) is 0 Å². The van der Waals surface area contributed by atoms with Crippen LogP contribution in [0.25, 0.3) is 0 Å². The molecule has 3 aliphatic carbocycles. The first-order valence-corrected chi connectivity index (χ1v) is 9.55. The molecule has 114 valence electrons. The number of rotatable bonds is 3. The van der Waals surface area contributed by atoms with Crippen LogP contribution in [0.5, 0.6) is 0 Å². The van der Waals surface area contributed by atoms with Gasteiger partial charge in [-0.1, -0.05) is 64.2 Å². The van der Waals surface area contributed by atoms with Gasteiger partial charge in [-0.2, -0.15) is 0 Å². The SMILES string of the molecule is C1CCC(C2CCCCC2CC23CCCCC2O3)CC1. The standard InChI is InChI=1S/C19H32O/c1-2-8-15(9-3-1)17-11-5-4-10-16(17)14-19-13-7-6-12-18(19)20-19/h15-18H,1-14H2. The molecule has 3 saturated carbocycles. The molecule has 4 fully saturated rings. The smallest absolute Gasteiger partial charge is 0.0951 e. The third-order valence-electron chi connectivity index (χ3n) is 7.05. The molecular weight excluding hydrogens is 244 g/mol. The van der Waals surface area contributed by atoms with E-state index in [1.165, 1.54) is 77.0 Å². The van der Waals surface area contributed by atoms with Gasteiger partial charge in [-0.05, 0) is 43.4 Å². The predicted molar refractivity (Wildman–Crippen MR) is 82.7 cm³/mol. The highest BCUT2D eigenvalue weighted by atomic mass is 16.6. The second-order valence-electron chi connectivity index (χ2n) is 8.23. The lowest BCUT2D eigenvalue weighted by Crippen LogP contribution is -2.33. The Labute approximate surface area is 124 Å². The molecule has 0 aromatic carbocycles. The summed E-state index contributed by atoms with van der Waals surface area (Å²) in [5.41, 5.74) is 0.382. The van der Waals surface area contributed by atoms with Gasteiger partial charge < -0.3 is 4.74 Å². The fourth-order valence-corrected chi connectivity index (χ4v) is 5.94. The topological polar surface area (TPSA) is 12.5 Å². The van der Waals surface area contributed by atoms with E-state index in [4.69, 9.17) is 4.74 Å². The normalized spacial score (nSPS) is 45.9. The van der Waals surface area contributed by atoms with Crippen LogP contribution in [0.3, 0.4) is 0 Å². The van der Waals surface area contributed by atoms with Crippen molar-refractivity contribution >= 4 is 0 Å². The lowest BCUT2D eigenvalue weighted by Gasteiger charge is -2.40. The van der Waals surface area contributed by atoms with E-state index in [-0.39, 0.29) is 0 Å². The first-order chi connectivity index (χ1) is 9.87. The highest BCUT2D eigenvalue weighted by Gasteiger charge is 2.58. The largest absolute Gasteiger partial charge is 0.366 e. The van der Waals surface area contributed by atoms with Crippen molar-refractivity contribution in [3.63, 3.8) is 0 Å².